The zero-order valence-corrected chi connectivity index (χ0v) is 7.14. The van der Waals surface area contributed by atoms with Crippen molar-refractivity contribution < 1.29 is 15.3 Å². The molecule has 0 spiro atoms. The number of phenolic OH excluding ortho intramolecular Hbond substituents is 2. The van der Waals surface area contributed by atoms with Gasteiger partial charge in [-0.2, -0.15) is 0 Å². The Labute approximate surface area is 76.2 Å². The highest BCUT2D eigenvalue weighted by Crippen LogP contribution is 2.28. The Bertz CT molecular complexity index is 288. The fourth-order valence-electron chi connectivity index (χ4n) is 1.07. The highest BCUT2D eigenvalue weighted by Gasteiger charge is 2.08. The lowest BCUT2D eigenvalue weighted by Crippen LogP contribution is -2.06. The van der Waals surface area contributed by atoms with Crippen LogP contribution in [0.1, 0.15) is 18.1 Å². The van der Waals surface area contributed by atoms with Gasteiger partial charge < -0.3 is 21.1 Å². The summed E-state index contributed by atoms with van der Waals surface area (Å²) in [5, 5.41) is 27.6. The Morgan fingerprint density at radius 3 is 2.46 bits per heavy atom. The molecule has 5 N–H and O–H groups in total. The molecule has 1 rings (SSSR count). The molecule has 0 aliphatic carbocycles. The van der Waals surface area contributed by atoms with Gasteiger partial charge in [0.25, 0.3) is 0 Å². The molecule has 4 nitrogen and oxygen atoms in total. The van der Waals surface area contributed by atoms with Crippen molar-refractivity contribution in [3.63, 3.8) is 0 Å². The van der Waals surface area contributed by atoms with Gasteiger partial charge in [0.1, 0.15) is 0 Å². The Hall–Kier alpha value is -1.26. The number of aliphatic hydroxyl groups is 1. The molecule has 0 amide bonds. The third kappa shape index (κ3) is 2.34. The molecular formula is C9H13NO3. The van der Waals surface area contributed by atoms with Gasteiger partial charge in [-0.3, -0.25) is 0 Å². The maximum Gasteiger partial charge on any atom is 0.157 e. The summed E-state index contributed by atoms with van der Waals surface area (Å²) in [6.07, 6.45) is -0.249. The summed E-state index contributed by atoms with van der Waals surface area (Å²) in [6, 6.07) is 4.22. The number of aliphatic hydroxyl groups excluding tert-OH is 1. The lowest BCUT2D eigenvalue weighted by molar-refractivity contribution is 0.170. The molecule has 1 atom stereocenters. The van der Waals surface area contributed by atoms with Crippen molar-refractivity contribution >= 4 is 0 Å². The van der Waals surface area contributed by atoms with Gasteiger partial charge in [0, 0.05) is 0 Å². The number of benzene rings is 1. The summed E-state index contributed by atoms with van der Waals surface area (Å²) < 4.78 is 0. The minimum absolute atomic E-state index is 0.191. The molecule has 0 radical (unpaired) electrons. The van der Waals surface area contributed by atoms with Gasteiger partial charge in [0.15, 0.2) is 11.5 Å². The van der Waals surface area contributed by atoms with Crippen LogP contribution in [-0.2, 0) is 0 Å². The predicted octanol–water partition coefficient (Wildman–Crippen LogP) is 0.480. The highest BCUT2D eigenvalue weighted by atomic mass is 16.3. The van der Waals surface area contributed by atoms with Crippen LogP contribution in [-0.4, -0.2) is 21.9 Å². The Morgan fingerprint density at radius 1 is 1.23 bits per heavy atom. The quantitative estimate of drug-likeness (QED) is 0.513. The summed E-state index contributed by atoms with van der Waals surface area (Å²) in [5.74, 6) is -0.419. The van der Waals surface area contributed by atoms with E-state index in [0.717, 1.165) is 0 Å². The van der Waals surface area contributed by atoms with Gasteiger partial charge in [-0.1, -0.05) is 6.07 Å². The van der Waals surface area contributed by atoms with Crippen LogP contribution in [0.15, 0.2) is 18.2 Å². The van der Waals surface area contributed by atoms with E-state index in [2.05, 4.69) is 0 Å². The van der Waals surface area contributed by atoms with Crippen LogP contribution >= 0.6 is 0 Å². The molecule has 0 heterocycles. The third-order valence-corrected chi connectivity index (χ3v) is 1.82. The molecule has 0 bridgehead atoms. The van der Waals surface area contributed by atoms with E-state index >= 15 is 0 Å². The topological polar surface area (TPSA) is 86.7 Å². The molecule has 0 aromatic heterocycles. The van der Waals surface area contributed by atoms with Crippen molar-refractivity contribution in [2.45, 2.75) is 12.5 Å². The first-order valence-electron chi connectivity index (χ1n) is 4.05. The average Bonchev–Trinajstić information content (AvgIpc) is 2.10. The van der Waals surface area contributed by atoms with Crippen LogP contribution in [0.2, 0.25) is 0 Å². The van der Waals surface area contributed by atoms with E-state index in [1.807, 2.05) is 0 Å². The van der Waals surface area contributed by atoms with Gasteiger partial charge >= 0.3 is 0 Å². The molecular weight excluding hydrogens is 170 g/mol. The van der Waals surface area contributed by atoms with Crippen molar-refractivity contribution in [3.05, 3.63) is 23.8 Å². The largest absolute Gasteiger partial charge is 0.504 e. The molecule has 72 valence electrons. The summed E-state index contributed by atoms with van der Waals surface area (Å²) in [7, 11) is 0. The third-order valence-electron chi connectivity index (χ3n) is 1.82. The van der Waals surface area contributed by atoms with Crippen LogP contribution in [0.3, 0.4) is 0 Å². The lowest BCUT2D eigenvalue weighted by atomic mass is 10.1. The van der Waals surface area contributed by atoms with Crippen LogP contribution in [0, 0.1) is 0 Å². The maximum atomic E-state index is 9.46. The molecule has 0 fully saturated rings. The average molecular weight is 183 g/mol. The summed E-state index contributed by atoms with van der Waals surface area (Å²) in [6.45, 7) is 0.378. The van der Waals surface area contributed by atoms with E-state index in [1.165, 1.54) is 12.1 Å². The number of aromatic hydroxyl groups is 2. The predicted molar refractivity (Wildman–Crippen MR) is 48.4 cm³/mol. The molecule has 0 saturated carbocycles. The summed E-state index contributed by atoms with van der Waals surface area (Å²) in [4.78, 5) is 0. The molecule has 0 unspecified atom stereocenters. The van der Waals surface area contributed by atoms with Crippen LogP contribution in [0.25, 0.3) is 0 Å². The zero-order valence-electron chi connectivity index (χ0n) is 7.14. The summed E-state index contributed by atoms with van der Waals surface area (Å²) in [5.41, 5.74) is 5.82. The van der Waals surface area contributed by atoms with E-state index in [-0.39, 0.29) is 11.5 Å². The number of phenols is 2. The molecule has 0 aliphatic rings. The molecule has 1 aromatic carbocycles. The number of hydrogen-bond acceptors (Lipinski definition) is 4. The van der Waals surface area contributed by atoms with E-state index in [4.69, 9.17) is 15.9 Å². The minimum Gasteiger partial charge on any atom is -0.504 e. The first-order valence-corrected chi connectivity index (χ1v) is 4.05. The van der Waals surface area contributed by atoms with Gasteiger partial charge in [-0.25, -0.2) is 0 Å². The Morgan fingerprint density at radius 2 is 1.92 bits per heavy atom. The molecule has 13 heavy (non-hydrogen) atoms. The smallest absolute Gasteiger partial charge is 0.157 e. The van der Waals surface area contributed by atoms with Crippen molar-refractivity contribution in [1.29, 1.82) is 0 Å². The number of rotatable bonds is 3. The van der Waals surface area contributed by atoms with Crippen LogP contribution in [0.4, 0.5) is 0 Å². The molecule has 0 aliphatic heterocycles. The minimum atomic E-state index is -0.684. The van der Waals surface area contributed by atoms with E-state index in [1.54, 1.807) is 6.07 Å². The second-order valence-electron chi connectivity index (χ2n) is 2.84. The zero-order chi connectivity index (χ0) is 9.84. The number of nitrogens with two attached hydrogens (primary N) is 1. The van der Waals surface area contributed by atoms with Crippen LogP contribution in [0.5, 0.6) is 11.5 Å². The monoisotopic (exact) mass is 183 g/mol. The maximum absolute atomic E-state index is 9.46. The first kappa shape index (κ1) is 9.83. The Kier molecular flexibility index (Phi) is 3.11. The van der Waals surface area contributed by atoms with Crippen molar-refractivity contribution in [1.82, 2.24) is 0 Å². The fourth-order valence-corrected chi connectivity index (χ4v) is 1.07. The van der Waals surface area contributed by atoms with Gasteiger partial charge in [-0.15, -0.1) is 0 Å². The normalized spacial score (nSPS) is 12.8. The standard InChI is InChI=1S/C9H13NO3/c10-4-3-7(11)6-1-2-8(12)9(13)5-6/h1-2,5,7,11-13H,3-4,10H2/t7-/m0/s1. The fraction of sp³-hybridized carbons (Fsp3) is 0.333. The van der Waals surface area contributed by atoms with E-state index < -0.39 is 6.10 Å². The number of hydrogen-bond donors (Lipinski definition) is 4. The lowest BCUT2D eigenvalue weighted by Gasteiger charge is -2.09. The Balaban J connectivity index is 2.84. The molecule has 4 heteroatoms. The second kappa shape index (κ2) is 4.11. The van der Waals surface area contributed by atoms with E-state index in [9.17, 15) is 5.11 Å². The molecule has 1 aromatic rings. The van der Waals surface area contributed by atoms with Crippen LogP contribution < -0.4 is 5.73 Å². The summed E-state index contributed by atoms with van der Waals surface area (Å²) >= 11 is 0. The molecule has 0 saturated heterocycles. The first-order chi connectivity index (χ1) is 6.15. The highest BCUT2D eigenvalue weighted by molar-refractivity contribution is 5.41. The van der Waals surface area contributed by atoms with Gasteiger partial charge in [0.2, 0.25) is 0 Å². The SMILES string of the molecule is NCC[C@H](O)c1ccc(O)c(O)c1. The van der Waals surface area contributed by atoms with Gasteiger partial charge in [-0.05, 0) is 30.7 Å². The van der Waals surface area contributed by atoms with Crippen molar-refractivity contribution in [2.24, 2.45) is 5.73 Å². The van der Waals surface area contributed by atoms with E-state index in [0.29, 0.717) is 18.5 Å². The van der Waals surface area contributed by atoms with Crippen molar-refractivity contribution in [3.8, 4) is 11.5 Å². The van der Waals surface area contributed by atoms with Crippen molar-refractivity contribution in [2.75, 3.05) is 6.54 Å². The van der Waals surface area contributed by atoms with Gasteiger partial charge in [0.05, 0.1) is 6.10 Å². The second-order valence-corrected chi connectivity index (χ2v) is 2.84.